The van der Waals surface area contributed by atoms with Gasteiger partial charge >= 0.3 is 17.8 Å². The lowest BCUT2D eigenvalue weighted by molar-refractivity contribution is -0.152. The highest BCUT2D eigenvalue weighted by Gasteiger charge is 2.36. The number of carbonyl (C=O) groups is 3. The van der Waals surface area contributed by atoms with Crippen molar-refractivity contribution in [2.45, 2.75) is 50.6 Å². The summed E-state index contributed by atoms with van der Waals surface area (Å²) >= 11 is 3.18. The van der Waals surface area contributed by atoms with Gasteiger partial charge in [0.15, 0.2) is 18.1 Å². The van der Waals surface area contributed by atoms with E-state index in [1.54, 1.807) is 30.0 Å². The van der Waals surface area contributed by atoms with Gasteiger partial charge in [0.25, 0.3) is 0 Å². The molecule has 0 saturated carbocycles. The fourth-order valence-electron chi connectivity index (χ4n) is 4.32. The maximum atomic E-state index is 13.7. The highest BCUT2D eigenvalue weighted by atomic mass is 32.2. The molecule has 3 heterocycles. The van der Waals surface area contributed by atoms with Gasteiger partial charge in [-0.25, -0.2) is 4.79 Å². The first kappa shape index (κ1) is 29.6. The van der Waals surface area contributed by atoms with Crippen LogP contribution in [-0.2, 0) is 36.9 Å². The summed E-state index contributed by atoms with van der Waals surface area (Å²) in [6, 6.07) is 12.3. The van der Waals surface area contributed by atoms with Crippen molar-refractivity contribution in [1.82, 2.24) is 10.2 Å². The summed E-state index contributed by atoms with van der Waals surface area (Å²) in [5.74, 6) is -1.50. The molecule has 4 rings (SSSR count). The van der Waals surface area contributed by atoms with E-state index in [4.69, 9.17) is 18.3 Å². The Labute approximate surface area is 240 Å². The fourth-order valence-corrected chi connectivity index (χ4v) is 6.58. The van der Waals surface area contributed by atoms with E-state index in [1.807, 2.05) is 47.8 Å². The molecule has 1 amide bonds. The van der Waals surface area contributed by atoms with E-state index in [0.717, 1.165) is 10.4 Å². The highest BCUT2D eigenvalue weighted by Crippen LogP contribution is 2.35. The molecule has 0 radical (unpaired) electrons. The van der Waals surface area contributed by atoms with Crippen molar-refractivity contribution in [2.75, 3.05) is 25.4 Å². The van der Waals surface area contributed by atoms with Crippen LogP contribution < -0.4 is 11.1 Å². The zero-order chi connectivity index (χ0) is 28.5. The zero-order valence-corrected chi connectivity index (χ0v) is 24.0. The van der Waals surface area contributed by atoms with Crippen LogP contribution in [0.2, 0.25) is 0 Å². The summed E-state index contributed by atoms with van der Waals surface area (Å²) in [6.45, 7) is 3.22. The Hall–Kier alpha value is -3.35. The van der Waals surface area contributed by atoms with Crippen molar-refractivity contribution in [3.8, 4) is 0 Å². The van der Waals surface area contributed by atoms with Crippen LogP contribution in [0.1, 0.15) is 40.6 Å². The Kier molecular flexibility index (Phi) is 10.6. The molecular weight excluding hydrogens is 556 g/mol. The topological polar surface area (TPSA) is 128 Å². The molecule has 0 spiro atoms. The molecule has 0 bridgehead atoms. The van der Waals surface area contributed by atoms with Gasteiger partial charge in [-0.2, -0.15) is 0 Å². The number of esters is 2. The van der Waals surface area contributed by atoms with Gasteiger partial charge < -0.3 is 23.2 Å². The van der Waals surface area contributed by atoms with Crippen molar-refractivity contribution in [2.24, 2.45) is 0 Å². The number of benzene rings is 1. The van der Waals surface area contributed by atoms with Crippen molar-refractivity contribution >= 4 is 40.9 Å². The summed E-state index contributed by atoms with van der Waals surface area (Å²) in [5.41, 5.74) is 1.07. The minimum Gasteiger partial charge on any atom is -0.465 e. The molecule has 3 atom stereocenters. The number of thiophene rings is 1. The Morgan fingerprint density at radius 2 is 1.93 bits per heavy atom. The van der Waals surface area contributed by atoms with Crippen molar-refractivity contribution in [1.29, 1.82) is 0 Å². The monoisotopic (exact) mass is 588 g/mol. The van der Waals surface area contributed by atoms with Crippen LogP contribution in [0.25, 0.3) is 0 Å². The number of carbonyl (C=O) groups excluding carboxylic acids is 3. The number of nitrogens with one attached hydrogen (secondary N) is 1. The number of nitrogens with zero attached hydrogens (tertiary/aromatic N) is 1. The molecule has 3 unspecified atom stereocenters. The smallest absolute Gasteiger partial charge is 0.465 e. The van der Waals surface area contributed by atoms with Gasteiger partial charge in [0, 0.05) is 17.2 Å². The molecule has 2 aromatic heterocycles. The highest BCUT2D eigenvalue weighted by molar-refractivity contribution is 7.99. The largest absolute Gasteiger partial charge is 0.519 e. The predicted octanol–water partition coefficient (Wildman–Crippen LogP) is 3.49. The lowest BCUT2D eigenvalue weighted by atomic mass is 10.0. The second-order valence-corrected chi connectivity index (χ2v) is 11.4. The third-order valence-electron chi connectivity index (χ3n) is 6.38. The third kappa shape index (κ3) is 8.09. The Balaban J connectivity index is 1.48. The summed E-state index contributed by atoms with van der Waals surface area (Å²) < 4.78 is 20.3. The molecule has 3 aromatic rings. The van der Waals surface area contributed by atoms with Gasteiger partial charge in [-0.1, -0.05) is 36.4 Å². The van der Waals surface area contributed by atoms with Crippen LogP contribution in [0, 0.1) is 6.92 Å². The maximum absolute atomic E-state index is 13.7. The van der Waals surface area contributed by atoms with E-state index in [0.29, 0.717) is 25.1 Å². The van der Waals surface area contributed by atoms with Crippen molar-refractivity contribution in [3.63, 3.8) is 0 Å². The minimum absolute atomic E-state index is 0.0527. The van der Waals surface area contributed by atoms with E-state index in [-0.39, 0.29) is 42.4 Å². The number of rotatable bonds is 12. The molecule has 214 valence electrons. The number of hydrogen-bond acceptors (Lipinski definition) is 11. The van der Waals surface area contributed by atoms with Gasteiger partial charge in [0.05, 0.1) is 17.9 Å². The van der Waals surface area contributed by atoms with E-state index in [9.17, 15) is 19.2 Å². The van der Waals surface area contributed by atoms with E-state index in [1.165, 1.54) is 11.8 Å². The summed E-state index contributed by atoms with van der Waals surface area (Å²) in [5, 5.41) is 5.16. The second kappa shape index (κ2) is 14.3. The van der Waals surface area contributed by atoms with Gasteiger partial charge in [0.2, 0.25) is 5.91 Å². The normalized spacial score (nSPS) is 18.2. The Morgan fingerprint density at radius 3 is 2.60 bits per heavy atom. The first-order valence-electron chi connectivity index (χ1n) is 13.0. The maximum Gasteiger partial charge on any atom is 0.519 e. The van der Waals surface area contributed by atoms with Crippen LogP contribution in [0.3, 0.4) is 0 Å². The van der Waals surface area contributed by atoms with Crippen molar-refractivity contribution in [3.05, 3.63) is 80.4 Å². The lowest BCUT2D eigenvalue weighted by Crippen LogP contribution is -2.53. The fraction of sp³-hybridized carbons (Fsp3) is 0.429. The minimum atomic E-state index is -0.876. The third-order valence-corrected chi connectivity index (χ3v) is 8.84. The lowest BCUT2D eigenvalue weighted by Gasteiger charge is -2.27. The molecule has 1 N–H and O–H groups in total. The van der Waals surface area contributed by atoms with Crippen LogP contribution in [0.4, 0.5) is 0 Å². The molecule has 12 heteroatoms. The van der Waals surface area contributed by atoms with Crippen molar-refractivity contribution < 1.29 is 32.7 Å². The first-order chi connectivity index (χ1) is 19.3. The average molecular weight is 589 g/mol. The van der Waals surface area contributed by atoms with Crippen LogP contribution >= 0.6 is 23.1 Å². The number of hydrogen-bond donors (Lipinski definition) is 1. The molecule has 1 aromatic carbocycles. The van der Waals surface area contributed by atoms with Crippen LogP contribution in [-0.4, -0.2) is 60.3 Å². The van der Waals surface area contributed by atoms with Gasteiger partial charge in [-0.05, 0) is 43.7 Å². The van der Waals surface area contributed by atoms with E-state index >= 15 is 0 Å². The van der Waals surface area contributed by atoms with E-state index < -0.39 is 29.8 Å². The Bertz CT molecular complexity index is 1320. The molecule has 10 nitrogen and oxygen atoms in total. The predicted molar refractivity (Wildman–Crippen MR) is 150 cm³/mol. The SMILES string of the molecule is CCOC(=O)C(CCc1ccccc1)NC1CSC(c2cccs2)CN(CC(=O)OCc2oc(=O)oc2C)C1=O. The average Bonchev–Trinajstić information content (AvgIpc) is 3.56. The second-order valence-electron chi connectivity index (χ2n) is 9.20. The first-order valence-corrected chi connectivity index (χ1v) is 14.9. The molecular formula is C28H32N2O8S2. The van der Waals surface area contributed by atoms with Gasteiger partial charge in [-0.15, -0.1) is 23.1 Å². The van der Waals surface area contributed by atoms with E-state index in [2.05, 4.69) is 5.32 Å². The molecule has 0 aliphatic carbocycles. The number of thioether (sulfide) groups is 1. The van der Waals surface area contributed by atoms with Gasteiger partial charge in [-0.3, -0.25) is 19.7 Å². The van der Waals surface area contributed by atoms with Gasteiger partial charge in [0.1, 0.15) is 12.6 Å². The molecule has 1 saturated heterocycles. The molecule has 40 heavy (non-hydrogen) atoms. The summed E-state index contributed by atoms with van der Waals surface area (Å²) in [6.07, 6.45) is 1.08. The number of aryl methyl sites for hydroxylation is 2. The Morgan fingerprint density at radius 1 is 1.12 bits per heavy atom. The summed E-state index contributed by atoms with van der Waals surface area (Å²) in [7, 11) is 0. The van der Waals surface area contributed by atoms with Crippen LogP contribution in [0.5, 0.6) is 0 Å². The quantitative estimate of drug-likeness (QED) is 0.314. The molecule has 1 aliphatic heterocycles. The summed E-state index contributed by atoms with van der Waals surface area (Å²) in [4.78, 5) is 53.2. The number of ether oxygens (including phenoxy) is 2. The van der Waals surface area contributed by atoms with Crippen LogP contribution in [0.15, 0.2) is 61.5 Å². The molecule has 1 aliphatic rings. The molecule has 1 fully saturated rings. The number of amides is 1. The standard InChI is InChI=1S/C28H32N2O8S2/c1-3-35-27(33)20(12-11-19-8-5-4-6-9-19)29-21-17-40-24(23-10-7-13-39-23)14-30(26(21)32)15-25(31)36-16-22-18(2)37-28(34)38-22/h4-10,13,20-21,24,29H,3,11-12,14-17H2,1-2H3. The zero-order valence-electron chi connectivity index (χ0n) is 22.3.